The highest BCUT2D eigenvalue weighted by Gasteiger charge is 2.14. The molecule has 1 heterocycles. The van der Waals surface area contributed by atoms with Crippen LogP contribution < -0.4 is 21.3 Å². The van der Waals surface area contributed by atoms with Gasteiger partial charge in [0.05, 0.1) is 18.7 Å². The fourth-order valence-electron chi connectivity index (χ4n) is 4.89. The highest BCUT2D eigenvalue weighted by Crippen LogP contribution is 2.36. The van der Waals surface area contributed by atoms with E-state index in [-0.39, 0.29) is 11.3 Å². The number of nitrogens with one attached hydrogen (secondary N) is 2. The number of rotatable bonds is 9. The van der Waals surface area contributed by atoms with Gasteiger partial charge < -0.3 is 31.0 Å². The normalized spacial score (nSPS) is 12.0. The van der Waals surface area contributed by atoms with Crippen LogP contribution in [0.4, 0.5) is 5.69 Å². The van der Waals surface area contributed by atoms with E-state index in [2.05, 4.69) is 16.4 Å². The zero-order valence-corrected chi connectivity index (χ0v) is 22.7. The summed E-state index contributed by atoms with van der Waals surface area (Å²) in [7, 11) is 1.65. The molecule has 0 spiro atoms. The Bertz CT molecular complexity index is 1730. The summed E-state index contributed by atoms with van der Waals surface area (Å²) in [4.78, 5) is 14.3. The monoisotopic (exact) mass is 555 g/mol. The van der Waals surface area contributed by atoms with Gasteiger partial charge in [0.1, 0.15) is 11.5 Å². The zero-order valence-electron chi connectivity index (χ0n) is 21.9. The number of H-pyrrole nitrogens is 1. The fraction of sp³-hybridized carbons (Fsp3) is 0.156. The van der Waals surface area contributed by atoms with Crippen LogP contribution in [0, 0.1) is 0 Å². The van der Waals surface area contributed by atoms with Crippen molar-refractivity contribution in [3.8, 4) is 33.8 Å². The zero-order chi connectivity index (χ0) is 28.2. The van der Waals surface area contributed by atoms with E-state index < -0.39 is 6.10 Å². The molecule has 6 N–H and O–H groups in total. The topological polar surface area (TPSA) is 121 Å². The SMILES string of the molecule is COc1ccc(-c2ccc(CCNC[C@H](O)c3ccc(O)c4[nH]c(=O)ccc34)c(N)c2)cc1-c1cccc(Cl)c1. The highest BCUT2D eigenvalue weighted by atomic mass is 35.5. The quantitative estimate of drug-likeness (QED) is 0.118. The standard InChI is InChI=1S/C32H30ClN3O4/c1-40-30-11-7-20(16-26(30)22-3-2-4-23(33)15-22)21-6-5-19(27(34)17-21)13-14-35-18-29(38)24-8-10-28(37)32-25(24)9-12-31(39)36-32/h2-12,15-17,29,35,37-38H,13-14,18,34H2,1H3,(H,36,39)/t29-/m0/s1. The number of benzene rings is 4. The maximum Gasteiger partial charge on any atom is 0.248 e. The van der Waals surface area contributed by atoms with Crippen molar-refractivity contribution in [3.63, 3.8) is 0 Å². The first kappa shape index (κ1) is 27.3. The summed E-state index contributed by atoms with van der Waals surface area (Å²) in [6, 6.07) is 25.9. The van der Waals surface area contributed by atoms with Crippen molar-refractivity contribution >= 4 is 28.2 Å². The number of methoxy groups -OCH3 is 1. The van der Waals surface area contributed by atoms with Crippen molar-refractivity contribution in [2.24, 2.45) is 0 Å². The van der Waals surface area contributed by atoms with Crippen molar-refractivity contribution in [2.75, 3.05) is 25.9 Å². The number of phenolic OH excluding ortho intramolecular Hbond substituents is 1. The van der Waals surface area contributed by atoms with Gasteiger partial charge in [-0.1, -0.05) is 48.0 Å². The van der Waals surface area contributed by atoms with E-state index in [1.807, 2.05) is 54.6 Å². The number of pyridine rings is 1. The van der Waals surface area contributed by atoms with Gasteiger partial charge in [0.2, 0.25) is 5.56 Å². The third-order valence-corrected chi connectivity index (χ3v) is 7.22. The van der Waals surface area contributed by atoms with E-state index in [1.165, 1.54) is 12.1 Å². The average Bonchev–Trinajstić information content (AvgIpc) is 2.96. The number of nitrogen functional groups attached to an aromatic ring is 1. The molecule has 5 aromatic rings. The van der Waals surface area contributed by atoms with Crippen LogP contribution in [0.5, 0.6) is 11.5 Å². The van der Waals surface area contributed by atoms with E-state index in [0.717, 1.165) is 33.6 Å². The van der Waals surface area contributed by atoms with Gasteiger partial charge in [-0.25, -0.2) is 0 Å². The molecule has 40 heavy (non-hydrogen) atoms. The molecule has 0 radical (unpaired) electrons. The number of nitrogens with two attached hydrogens (primary N) is 1. The first-order valence-corrected chi connectivity index (χ1v) is 13.3. The largest absolute Gasteiger partial charge is 0.506 e. The summed E-state index contributed by atoms with van der Waals surface area (Å²) in [5, 5.41) is 25.4. The molecule has 7 nitrogen and oxygen atoms in total. The van der Waals surface area contributed by atoms with E-state index in [9.17, 15) is 15.0 Å². The first-order valence-electron chi connectivity index (χ1n) is 12.9. The molecule has 1 aromatic heterocycles. The number of aromatic hydroxyl groups is 1. The third kappa shape index (κ3) is 5.82. The number of hydrogen-bond acceptors (Lipinski definition) is 6. The van der Waals surface area contributed by atoms with Crippen LogP contribution in [-0.2, 0) is 6.42 Å². The Balaban J connectivity index is 1.25. The van der Waals surface area contributed by atoms with Gasteiger partial charge >= 0.3 is 0 Å². The molecule has 0 saturated carbocycles. The smallest absolute Gasteiger partial charge is 0.248 e. The molecule has 0 fully saturated rings. The molecule has 0 unspecified atom stereocenters. The maximum absolute atomic E-state index is 11.6. The summed E-state index contributed by atoms with van der Waals surface area (Å²) in [5.74, 6) is 0.725. The van der Waals surface area contributed by atoms with Crippen LogP contribution in [0.15, 0.2) is 89.7 Å². The Morgan fingerprint density at radius 2 is 1.77 bits per heavy atom. The first-order chi connectivity index (χ1) is 19.3. The lowest BCUT2D eigenvalue weighted by Gasteiger charge is -2.16. The highest BCUT2D eigenvalue weighted by molar-refractivity contribution is 6.30. The Kier molecular flexibility index (Phi) is 8.07. The van der Waals surface area contributed by atoms with E-state index in [4.69, 9.17) is 22.1 Å². The molecule has 0 aliphatic carbocycles. The molecule has 0 aliphatic rings. The van der Waals surface area contributed by atoms with Crippen molar-refractivity contribution in [1.29, 1.82) is 0 Å². The number of hydrogen-bond donors (Lipinski definition) is 5. The summed E-state index contributed by atoms with van der Waals surface area (Å²) in [6.45, 7) is 0.907. The Morgan fingerprint density at radius 1 is 0.975 bits per heavy atom. The van der Waals surface area contributed by atoms with Crippen molar-refractivity contribution in [3.05, 3.63) is 111 Å². The Hall–Kier alpha value is -4.30. The van der Waals surface area contributed by atoms with Crippen LogP contribution >= 0.6 is 11.6 Å². The molecule has 0 bridgehead atoms. The third-order valence-electron chi connectivity index (χ3n) is 6.99. The summed E-state index contributed by atoms with van der Waals surface area (Å²) in [6.07, 6.45) is -0.142. The Labute approximate surface area is 236 Å². The molecule has 8 heteroatoms. The van der Waals surface area contributed by atoms with Crippen molar-refractivity contribution in [1.82, 2.24) is 10.3 Å². The lowest BCUT2D eigenvalue weighted by atomic mass is 9.96. The molecule has 5 rings (SSSR count). The fourth-order valence-corrected chi connectivity index (χ4v) is 5.08. The lowest BCUT2D eigenvalue weighted by molar-refractivity contribution is 0.176. The van der Waals surface area contributed by atoms with Crippen LogP contribution in [0.2, 0.25) is 5.02 Å². The van der Waals surface area contributed by atoms with Gasteiger partial charge in [0.15, 0.2) is 0 Å². The van der Waals surface area contributed by atoms with Crippen LogP contribution in [0.25, 0.3) is 33.2 Å². The number of aromatic nitrogens is 1. The number of aliphatic hydroxyl groups excluding tert-OH is 1. The van der Waals surface area contributed by atoms with E-state index in [1.54, 1.807) is 19.2 Å². The van der Waals surface area contributed by atoms with Crippen LogP contribution in [-0.4, -0.2) is 35.4 Å². The summed E-state index contributed by atoms with van der Waals surface area (Å²) >= 11 is 6.22. The number of halogens is 1. The maximum atomic E-state index is 11.6. The lowest BCUT2D eigenvalue weighted by Crippen LogP contribution is -2.24. The number of fused-ring (bicyclic) bond motifs is 1. The molecule has 204 valence electrons. The second-order valence-electron chi connectivity index (χ2n) is 9.59. The predicted octanol–water partition coefficient (Wildman–Crippen LogP) is 5.68. The van der Waals surface area contributed by atoms with Crippen molar-refractivity contribution < 1.29 is 14.9 Å². The summed E-state index contributed by atoms with van der Waals surface area (Å²) < 4.78 is 5.59. The molecule has 1 atom stereocenters. The van der Waals surface area contributed by atoms with Gasteiger partial charge in [-0.05, 0) is 83.2 Å². The predicted molar refractivity (Wildman–Crippen MR) is 161 cm³/mol. The van der Waals surface area contributed by atoms with Crippen LogP contribution in [0.1, 0.15) is 17.2 Å². The number of aliphatic hydroxyl groups is 1. The van der Waals surface area contributed by atoms with Crippen LogP contribution in [0.3, 0.4) is 0 Å². The van der Waals surface area contributed by atoms with Gasteiger partial charge in [-0.3, -0.25) is 4.79 Å². The van der Waals surface area contributed by atoms with Gasteiger partial charge in [-0.2, -0.15) is 0 Å². The number of ether oxygens (including phenoxy) is 1. The number of anilines is 1. The molecule has 0 aliphatic heterocycles. The van der Waals surface area contributed by atoms with Gasteiger partial charge in [0, 0.05) is 34.3 Å². The van der Waals surface area contributed by atoms with Crippen molar-refractivity contribution in [2.45, 2.75) is 12.5 Å². The number of aromatic amines is 1. The minimum atomic E-state index is -0.822. The minimum absolute atomic E-state index is 0.0362. The molecule has 0 saturated heterocycles. The second-order valence-corrected chi connectivity index (χ2v) is 10.0. The number of phenols is 1. The molecule has 4 aromatic carbocycles. The molecular formula is C32H30ClN3O4. The Morgan fingerprint density at radius 3 is 2.55 bits per heavy atom. The van der Waals surface area contributed by atoms with E-state index >= 15 is 0 Å². The van der Waals surface area contributed by atoms with Gasteiger partial charge in [-0.15, -0.1) is 0 Å². The van der Waals surface area contributed by atoms with E-state index in [0.29, 0.717) is 46.7 Å². The minimum Gasteiger partial charge on any atom is -0.506 e. The molecular weight excluding hydrogens is 526 g/mol. The molecule has 0 amide bonds. The second kappa shape index (κ2) is 11.8. The summed E-state index contributed by atoms with van der Waals surface area (Å²) in [5.41, 5.74) is 12.7. The van der Waals surface area contributed by atoms with Gasteiger partial charge in [0.25, 0.3) is 0 Å². The average molecular weight is 556 g/mol.